The van der Waals surface area contributed by atoms with Crippen LogP contribution in [0.1, 0.15) is 48.4 Å². The number of para-hydroxylation sites is 2. The van der Waals surface area contributed by atoms with Crippen LogP contribution in [-0.4, -0.2) is 23.0 Å². The molecule has 4 heteroatoms. The number of benzene rings is 6. The van der Waals surface area contributed by atoms with Gasteiger partial charge >= 0.3 is 5.97 Å². The number of aromatic nitrogens is 2. The first-order valence-corrected chi connectivity index (χ1v) is 17.5. The summed E-state index contributed by atoms with van der Waals surface area (Å²) in [7, 11) is 1.50. The third kappa shape index (κ3) is 3.96. The summed E-state index contributed by atoms with van der Waals surface area (Å²) >= 11 is 0. The zero-order chi connectivity index (χ0) is 33.6. The lowest BCUT2D eigenvalue weighted by Crippen LogP contribution is -2.39. The summed E-state index contributed by atoms with van der Waals surface area (Å²) in [6.07, 6.45) is 1.68. The Kier molecular flexibility index (Phi) is 6.14. The van der Waals surface area contributed by atoms with E-state index >= 15 is 0 Å². The number of rotatable bonds is 5. The van der Waals surface area contributed by atoms with Crippen molar-refractivity contribution in [3.05, 3.63) is 156 Å². The molecule has 2 atom stereocenters. The van der Waals surface area contributed by atoms with Crippen molar-refractivity contribution in [3.8, 4) is 22.5 Å². The Morgan fingerprint density at radius 2 is 0.940 bits per heavy atom. The van der Waals surface area contributed by atoms with Crippen molar-refractivity contribution < 1.29 is 9.53 Å². The number of fused-ring (bicyclic) bond motifs is 10. The Morgan fingerprint density at radius 1 is 0.540 bits per heavy atom. The fourth-order valence-corrected chi connectivity index (χ4v) is 9.30. The maximum Gasteiger partial charge on any atom is 0.306 e. The average molecular weight is 647 g/mol. The number of hydrogen-bond donors (Lipinski definition) is 0. The highest BCUT2D eigenvalue weighted by Crippen LogP contribution is 2.62. The number of methoxy groups -OCH3 is 1. The lowest BCUT2D eigenvalue weighted by Gasteiger charge is -2.41. The first-order valence-electron chi connectivity index (χ1n) is 17.5. The van der Waals surface area contributed by atoms with Crippen LogP contribution in [0.4, 0.5) is 0 Å². The topological polar surface area (TPSA) is 52.1 Å². The molecule has 4 nitrogen and oxygen atoms in total. The van der Waals surface area contributed by atoms with Gasteiger partial charge in [-0.05, 0) is 105 Å². The van der Waals surface area contributed by atoms with Crippen molar-refractivity contribution >= 4 is 49.3 Å². The highest BCUT2D eigenvalue weighted by Gasteiger charge is 2.54. The summed E-state index contributed by atoms with van der Waals surface area (Å²) in [6.45, 7) is 2.30. The van der Waals surface area contributed by atoms with Crippen LogP contribution in [0.25, 0.3) is 65.9 Å². The second-order valence-corrected chi connectivity index (χ2v) is 14.1. The molecular weight excluding hydrogens is 613 g/mol. The van der Waals surface area contributed by atoms with Gasteiger partial charge in [-0.3, -0.25) is 4.79 Å². The molecule has 2 aliphatic carbocycles. The summed E-state index contributed by atoms with van der Waals surface area (Å²) in [4.78, 5) is 24.6. The fraction of sp³-hybridized carbons (Fsp3) is 0.152. The molecule has 240 valence electrons. The summed E-state index contributed by atoms with van der Waals surface area (Å²) < 4.78 is 5.56. The smallest absolute Gasteiger partial charge is 0.306 e. The minimum Gasteiger partial charge on any atom is -0.469 e. The first-order chi connectivity index (χ1) is 24.5. The van der Waals surface area contributed by atoms with Crippen LogP contribution >= 0.6 is 0 Å². The quantitative estimate of drug-likeness (QED) is 0.175. The lowest BCUT2D eigenvalue weighted by molar-refractivity contribution is -0.141. The molecule has 0 saturated heterocycles. The van der Waals surface area contributed by atoms with Gasteiger partial charge in [-0.15, -0.1) is 0 Å². The van der Waals surface area contributed by atoms with E-state index in [1.165, 1.54) is 34.6 Å². The lowest BCUT2D eigenvalue weighted by atomic mass is 9.60. The second-order valence-electron chi connectivity index (χ2n) is 14.1. The van der Waals surface area contributed by atoms with Gasteiger partial charge in [-0.2, -0.15) is 0 Å². The van der Waals surface area contributed by atoms with E-state index in [1.54, 1.807) is 0 Å². The van der Waals surface area contributed by atoms with Crippen molar-refractivity contribution in [3.63, 3.8) is 0 Å². The minimum atomic E-state index is -0.731. The largest absolute Gasteiger partial charge is 0.469 e. The zero-order valence-corrected chi connectivity index (χ0v) is 28.0. The Balaban J connectivity index is 1.33. The van der Waals surface area contributed by atoms with Crippen molar-refractivity contribution in [1.82, 2.24) is 9.97 Å². The molecule has 0 spiro atoms. The predicted octanol–water partition coefficient (Wildman–Crippen LogP) is 10.7. The normalized spacial score (nSPS) is 18.7. The van der Waals surface area contributed by atoms with E-state index in [0.717, 1.165) is 67.1 Å². The van der Waals surface area contributed by atoms with E-state index in [2.05, 4.69) is 134 Å². The molecular formula is C46H34N2O2. The number of hydrogen-bond acceptors (Lipinski definition) is 4. The van der Waals surface area contributed by atoms with Gasteiger partial charge in [0.1, 0.15) is 0 Å². The van der Waals surface area contributed by atoms with E-state index in [-0.39, 0.29) is 12.4 Å². The van der Waals surface area contributed by atoms with Crippen LogP contribution in [0, 0.1) is 0 Å². The van der Waals surface area contributed by atoms with Crippen LogP contribution in [0.3, 0.4) is 0 Å². The van der Waals surface area contributed by atoms with Crippen molar-refractivity contribution in [2.24, 2.45) is 0 Å². The summed E-state index contributed by atoms with van der Waals surface area (Å²) in [5.41, 5.74) is 9.70. The van der Waals surface area contributed by atoms with Gasteiger partial charge in [0.2, 0.25) is 0 Å². The van der Waals surface area contributed by atoms with Crippen molar-refractivity contribution in [2.75, 3.05) is 7.11 Å². The standard InChI is InChI=1S/C46H34N2O2/c1-3-45(36-22-30-14-6-4-12-28(30)20-34(36)43-38(45)24-32-16-8-10-18-40(32)47-43)27-46(26-42(49)50-2)37-23-31-15-7-5-13-29(31)21-35(37)44-39(46)25-33-17-9-11-19-41(33)48-44/h4-25H,3,26-27H2,1-2H3. The van der Waals surface area contributed by atoms with Gasteiger partial charge in [0.25, 0.3) is 0 Å². The van der Waals surface area contributed by atoms with E-state index in [0.29, 0.717) is 6.42 Å². The molecule has 6 aromatic carbocycles. The summed E-state index contributed by atoms with van der Waals surface area (Å²) in [5, 5.41) is 6.89. The van der Waals surface area contributed by atoms with Crippen LogP contribution in [0.5, 0.6) is 0 Å². The van der Waals surface area contributed by atoms with Gasteiger partial charge in [0, 0.05) is 32.7 Å². The molecule has 0 bridgehead atoms. The minimum absolute atomic E-state index is 0.197. The van der Waals surface area contributed by atoms with Gasteiger partial charge in [0.05, 0.1) is 36.0 Å². The first kappa shape index (κ1) is 29.1. The number of carbonyl (C=O) groups excluding carboxylic acids is 1. The molecule has 10 rings (SSSR count). The van der Waals surface area contributed by atoms with Gasteiger partial charge < -0.3 is 4.74 Å². The van der Waals surface area contributed by atoms with Gasteiger partial charge in [-0.1, -0.05) is 91.9 Å². The summed E-state index contributed by atoms with van der Waals surface area (Å²) in [6, 6.07) is 47.8. The number of esters is 1. The Bertz CT molecular complexity index is 2560. The molecule has 0 radical (unpaired) electrons. The van der Waals surface area contributed by atoms with Gasteiger partial charge in [-0.25, -0.2) is 9.97 Å². The van der Waals surface area contributed by atoms with Crippen LogP contribution in [-0.2, 0) is 20.4 Å². The fourth-order valence-electron chi connectivity index (χ4n) is 9.30. The maximum atomic E-state index is 13.9. The monoisotopic (exact) mass is 646 g/mol. The highest BCUT2D eigenvalue weighted by molar-refractivity contribution is 5.98. The zero-order valence-electron chi connectivity index (χ0n) is 28.0. The molecule has 0 saturated carbocycles. The second kappa shape index (κ2) is 10.6. The SMILES string of the molecule is CCC1(CC2(CC(=O)OC)c3cc4ccccc4cc3-c3nc4ccccc4cc32)c2cc3ccccc3cc2-c2nc3ccccc3cc21. The van der Waals surface area contributed by atoms with E-state index in [9.17, 15) is 4.79 Å². The Labute approximate surface area is 290 Å². The predicted molar refractivity (Wildman–Crippen MR) is 202 cm³/mol. The van der Waals surface area contributed by atoms with E-state index in [4.69, 9.17) is 14.7 Å². The molecule has 2 heterocycles. The van der Waals surface area contributed by atoms with E-state index < -0.39 is 10.8 Å². The Morgan fingerprint density at radius 3 is 1.42 bits per heavy atom. The van der Waals surface area contributed by atoms with Crippen LogP contribution < -0.4 is 0 Å². The highest BCUT2D eigenvalue weighted by atomic mass is 16.5. The molecule has 2 aromatic heterocycles. The molecule has 2 unspecified atom stereocenters. The van der Waals surface area contributed by atoms with E-state index in [1.807, 2.05) is 6.07 Å². The molecule has 0 amide bonds. The number of carbonyl (C=O) groups is 1. The molecule has 0 fully saturated rings. The van der Waals surface area contributed by atoms with Crippen molar-refractivity contribution in [2.45, 2.75) is 37.0 Å². The average Bonchev–Trinajstić information content (AvgIpc) is 3.55. The molecule has 50 heavy (non-hydrogen) atoms. The van der Waals surface area contributed by atoms with Crippen molar-refractivity contribution in [1.29, 1.82) is 0 Å². The Hall–Kier alpha value is -5.87. The van der Waals surface area contributed by atoms with Crippen LogP contribution in [0.15, 0.2) is 133 Å². The molecule has 0 aliphatic heterocycles. The third-order valence-corrected chi connectivity index (χ3v) is 11.7. The molecule has 0 N–H and O–H groups in total. The molecule has 2 aliphatic rings. The third-order valence-electron chi connectivity index (χ3n) is 11.7. The van der Waals surface area contributed by atoms with Crippen LogP contribution in [0.2, 0.25) is 0 Å². The van der Waals surface area contributed by atoms with Gasteiger partial charge in [0.15, 0.2) is 0 Å². The molecule has 8 aromatic rings. The summed E-state index contributed by atoms with van der Waals surface area (Å²) in [5.74, 6) is -0.232. The number of nitrogens with zero attached hydrogens (tertiary/aromatic N) is 2. The number of ether oxygens (including phenoxy) is 1. The maximum absolute atomic E-state index is 13.9. The number of pyridine rings is 2.